The number of aromatic nitrogens is 2. The highest BCUT2D eigenvalue weighted by Crippen LogP contribution is 2.34. The first kappa shape index (κ1) is 29.6. The molecule has 5 rings (SSSR count). The van der Waals surface area contributed by atoms with Gasteiger partial charge >= 0.3 is 6.36 Å². The molecule has 1 aliphatic rings. The van der Waals surface area contributed by atoms with Gasteiger partial charge in [-0.25, -0.2) is 18.4 Å². The number of nitrogens with one attached hydrogen (secondary N) is 2. The topological polar surface area (TPSA) is 119 Å². The monoisotopic (exact) mass is 599 g/mol. The van der Waals surface area contributed by atoms with Crippen molar-refractivity contribution in [1.29, 1.82) is 0 Å². The molecule has 0 spiro atoms. The van der Waals surface area contributed by atoms with Crippen LogP contribution in [0.4, 0.5) is 24.8 Å². The lowest BCUT2D eigenvalue weighted by Crippen LogP contribution is -2.33. The molecule has 3 aromatic carbocycles. The van der Waals surface area contributed by atoms with Gasteiger partial charge in [0.2, 0.25) is 5.95 Å². The zero-order valence-electron chi connectivity index (χ0n) is 23.2. The van der Waals surface area contributed by atoms with E-state index >= 15 is 0 Å². The molecule has 1 aliphatic carbocycles. The number of fused-ring (bicyclic) bond motifs is 1. The molecule has 1 fully saturated rings. The van der Waals surface area contributed by atoms with Gasteiger partial charge in [0.05, 0.1) is 5.52 Å². The van der Waals surface area contributed by atoms with E-state index in [2.05, 4.69) is 32.7 Å². The quantitative estimate of drug-likeness (QED) is 0.210. The van der Waals surface area contributed by atoms with Crippen LogP contribution >= 0.6 is 0 Å². The largest absolute Gasteiger partial charge is 0.573 e. The molecule has 0 bridgehead atoms. The minimum absolute atomic E-state index is 0.206. The number of para-hydroxylation sites is 1. The number of hydrogen-bond donors (Lipinski definition) is 3. The summed E-state index contributed by atoms with van der Waals surface area (Å²) >= 11 is 0. The van der Waals surface area contributed by atoms with Gasteiger partial charge in [-0.1, -0.05) is 25.1 Å². The number of sulfonamides is 1. The second kappa shape index (κ2) is 11.8. The Bertz CT molecular complexity index is 1700. The lowest BCUT2D eigenvalue weighted by atomic mass is 9.92. The second-order valence-electron chi connectivity index (χ2n) is 10.5. The number of nitrogens with zero attached hydrogens (tertiary/aromatic N) is 2. The van der Waals surface area contributed by atoms with Crippen LogP contribution in [0, 0.1) is 6.92 Å². The van der Waals surface area contributed by atoms with Crippen LogP contribution in [0.3, 0.4) is 0 Å². The maximum atomic E-state index is 13.0. The van der Waals surface area contributed by atoms with Gasteiger partial charge in [-0.2, -0.15) is 0 Å². The van der Waals surface area contributed by atoms with Crippen molar-refractivity contribution >= 4 is 32.6 Å². The van der Waals surface area contributed by atoms with Crippen molar-refractivity contribution in [3.63, 3.8) is 0 Å². The van der Waals surface area contributed by atoms with Gasteiger partial charge < -0.3 is 15.8 Å². The predicted octanol–water partition coefficient (Wildman–Crippen LogP) is 6.55. The lowest BCUT2D eigenvalue weighted by molar-refractivity contribution is -0.275. The Morgan fingerprint density at radius 3 is 2.48 bits per heavy atom. The molecule has 0 radical (unpaired) electrons. The van der Waals surface area contributed by atoms with Crippen molar-refractivity contribution < 1.29 is 26.3 Å². The number of alkyl halides is 3. The summed E-state index contributed by atoms with van der Waals surface area (Å²) < 4.78 is 70.7. The second-order valence-corrected chi connectivity index (χ2v) is 12.2. The van der Waals surface area contributed by atoms with E-state index in [0.29, 0.717) is 12.0 Å². The molecule has 12 heteroatoms. The van der Waals surface area contributed by atoms with Gasteiger partial charge in [0, 0.05) is 29.4 Å². The van der Waals surface area contributed by atoms with Gasteiger partial charge in [0.1, 0.15) is 10.6 Å². The standard InChI is InChI=1S/C30H32F3N5O3S/c1-3-19-15-20(16-21-17-35-29(37-28(19)21)36-23-10-8-22(34)9-11-23)25-13-12-24(14-18(25)2)38-42(39,40)27-7-5-4-6-26(27)41-30(31,32)33/h4-7,12-17,22-23,38H,3,8-11,34H2,1-2H3,(H,35,36,37). The van der Waals surface area contributed by atoms with Crippen LogP contribution in [0.1, 0.15) is 43.7 Å². The fourth-order valence-electron chi connectivity index (χ4n) is 5.30. The minimum atomic E-state index is -5.03. The zero-order chi connectivity index (χ0) is 30.1. The number of aryl methyl sites for hydroxylation is 2. The molecule has 1 saturated carbocycles. The van der Waals surface area contributed by atoms with Gasteiger partial charge in [-0.15, -0.1) is 13.2 Å². The Morgan fingerprint density at radius 1 is 1.05 bits per heavy atom. The van der Waals surface area contributed by atoms with Crippen molar-refractivity contribution in [1.82, 2.24) is 9.97 Å². The van der Waals surface area contributed by atoms with Crippen LogP contribution in [-0.2, 0) is 16.4 Å². The van der Waals surface area contributed by atoms with E-state index in [-0.39, 0.29) is 11.7 Å². The average molecular weight is 600 g/mol. The normalized spacial score (nSPS) is 17.7. The van der Waals surface area contributed by atoms with Crippen LogP contribution in [-0.4, -0.2) is 36.8 Å². The maximum Gasteiger partial charge on any atom is 0.573 e. The molecular formula is C30H32F3N5O3S. The number of ether oxygens (including phenoxy) is 1. The fraction of sp³-hybridized carbons (Fsp3) is 0.333. The molecule has 222 valence electrons. The molecule has 8 nitrogen and oxygen atoms in total. The van der Waals surface area contributed by atoms with Gasteiger partial charge in [-0.05, 0) is 97.7 Å². The average Bonchev–Trinajstić information content (AvgIpc) is 2.93. The lowest BCUT2D eigenvalue weighted by Gasteiger charge is -2.26. The third-order valence-corrected chi connectivity index (χ3v) is 8.82. The molecule has 1 heterocycles. The third-order valence-electron chi connectivity index (χ3n) is 7.40. The number of halogens is 3. The highest BCUT2D eigenvalue weighted by atomic mass is 32.2. The van der Waals surface area contributed by atoms with E-state index in [1.807, 2.05) is 13.0 Å². The van der Waals surface area contributed by atoms with Gasteiger partial charge in [0.15, 0.2) is 0 Å². The number of hydrogen-bond acceptors (Lipinski definition) is 7. The molecule has 0 unspecified atom stereocenters. The minimum Gasteiger partial charge on any atom is -0.404 e. The zero-order valence-corrected chi connectivity index (χ0v) is 24.0. The Labute approximate surface area is 242 Å². The summed E-state index contributed by atoms with van der Waals surface area (Å²) in [5, 5.41) is 4.33. The van der Waals surface area contributed by atoms with E-state index in [0.717, 1.165) is 77.4 Å². The van der Waals surface area contributed by atoms with E-state index in [4.69, 9.17) is 10.7 Å². The molecule has 42 heavy (non-hydrogen) atoms. The molecular weight excluding hydrogens is 567 g/mol. The van der Waals surface area contributed by atoms with E-state index in [1.54, 1.807) is 24.4 Å². The van der Waals surface area contributed by atoms with Crippen molar-refractivity contribution in [2.75, 3.05) is 10.0 Å². The Balaban J connectivity index is 1.39. The summed E-state index contributed by atoms with van der Waals surface area (Å²) in [5.41, 5.74) is 10.7. The van der Waals surface area contributed by atoms with Crippen LogP contribution in [0.15, 0.2) is 65.7 Å². The summed E-state index contributed by atoms with van der Waals surface area (Å²) in [5.74, 6) is -0.210. The van der Waals surface area contributed by atoms with Crippen molar-refractivity contribution in [3.8, 4) is 16.9 Å². The SMILES string of the molecule is CCc1cc(-c2ccc(NS(=O)(=O)c3ccccc3OC(F)(F)F)cc2C)cc2cnc(NC3CCC(N)CC3)nc12. The molecule has 4 N–H and O–H groups in total. The molecule has 1 aromatic heterocycles. The number of nitrogens with two attached hydrogens (primary N) is 1. The first-order valence-corrected chi connectivity index (χ1v) is 15.2. The third kappa shape index (κ3) is 6.76. The Kier molecular flexibility index (Phi) is 8.29. The summed E-state index contributed by atoms with van der Waals surface area (Å²) in [6.07, 6.45) is 1.45. The first-order valence-electron chi connectivity index (χ1n) is 13.7. The summed E-state index contributed by atoms with van der Waals surface area (Å²) in [6, 6.07) is 14.2. The number of benzene rings is 3. The number of rotatable bonds is 8. The maximum absolute atomic E-state index is 13.0. The molecule has 4 aromatic rings. The predicted molar refractivity (Wildman–Crippen MR) is 157 cm³/mol. The van der Waals surface area contributed by atoms with Crippen LogP contribution < -0.4 is 20.5 Å². The van der Waals surface area contributed by atoms with Crippen molar-refractivity contribution in [2.45, 2.75) is 69.3 Å². The Morgan fingerprint density at radius 2 is 1.79 bits per heavy atom. The first-order chi connectivity index (χ1) is 19.9. The van der Waals surface area contributed by atoms with E-state index in [1.165, 1.54) is 12.1 Å². The van der Waals surface area contributed by atoms with Gasteiger partial charge in [0.25, 0.3) is 10.0 Å². The van der Waals surface area contributed by atoms with Crippen molar-refractivity contribution in [3.05, 3.63) is 71.9 Å². The molecule has 0 aliphatic heterocycles. The molecule has 0 atom stereocenters. The Hall–Kier alpha value is -3.90. The molecule has 0 amide bonds. The summed E-state index contributed by atoms with van der Waals surface area (Å²) in [6.45, 7) is 3.89. The highest BCUT2D eigenvalue weighted by molar-refractivity contribution is 7.92. The van der Waals surface area contributed by atoms with E-state index < -0.39 is 27.0 Å². The summed E-state index contributed by atoms with van der Waals surface area (Å²) in [4.78, 5) is 8.75. The summed E-state index contributed by atoms with van der Waals surface area (Å²) in [7, 11) is -4.37. The fourth-order valence-corrected chi connectivity index (χ4v) is 6.48. The van der Waals surface area contributed by atoms with Crippen LogP contribution in [0.5, 0.6) is 5.75 Å². The van der Waals surface area contributed by atoms with Gasteiger partial charge in [-0.3, -0.25) is 4.72 Å². The van der Waals surface area contributed by atoms with Crippen LogP contribution in [0.25, 0.3) is 22.0 Å². The highest BCUT2D eigenvalue weighted by Gasteiger charge is 2.34. The van der Waals surface area contributed by atoms with Crippen LogP contribution in [0.2, 0.25) is 0 Å². The molecule has 0 saturated heterocycles. The smallest absolute Gasteiger partial charge is 0.404 e. The number of anilines is 2. The van der Waals surface area contributed by atoms with Crippen molar-refractivity contribution in [2.24, 2.45) is 5.73 Å². The van der Waals surface area contributed by atoms with E-state index in [9.17, 15) is 21.6 Å².